The summed E-state index contributed by atoms with van der Waals surface area (Å²) in [6, 6.07) is 0. The van der Waals surface area contributed by atoms with Gasteiger partial charge in [0.05, 0.1) is 13.2 Å². The molecule has 0 fully saturated rings. The van der Waals surface area contributed by atoms with Crippen LogP contribution < -0.4 is 0 Å². The molecule has 0 heterocycles. The first-order valence-corrected chi connectivity index (χ1v) is 10.9. The van der Waals surface area contributed by atoms with E-state index in [4.69, 9.17) is 14.5 Å². The van der Waals surface area contributed by atoms with Gasteiger partial charge in [-0.1, -0.05) is 77.6 Å². The van der Waals surface area contributed by atoms with Crippen molar-refractivity contribution < 1.29 is 28.7 Å². The van der Waals surface area contributed by atoms with Crippen LogP contribution in [-0.2, 0) is 13.8 Å². The van der Waals surface area contributed by atoms with Crippen LogP contribution in [-0.4, -0.2) is 40.8 Å². The van der Waals surface area contributed by atoms with Crippen molar-refractivity contribution in [3.63, 3.8) is 0 Å². The number of phosphoric acid groups is 1. The Balaban J connectivity index is 3.16. The van der Waals surface area contributed by atoms with Gasteiger partial charge in [0.2, 0.25) is 0 Å². The van der Waals surface area contributed by atoms with E-state index in [1.54, 1.807) is 0 Å². The number of aliphatic hydroxyl groups is 1. The first kappa shape index (κ1) is 24.0. The Morgan fingerprint density at radius 2 is 1.25 bits per heavy atom. The zero-order chi connectivity index (χ0) is 18.1. The Morgan fingerprint density at radius 3 is 1.71 bits per heavy atom. The summed E-state index contributed by atoms with van der Waals surface area (Å²) >= 11 is 0. The third-order valence-electron chi connectivity index (χ3n) is 3.89. The lowest BCUT2D eigenvalue weighted by Gasteiger charge is -2.12. The molecule has 0 spiro atoms. The van der Waals surface area contributed by atoms with Gasteiger partial charge in [-0.15, -0.1) is 0 Å². The number of rotatable bonds is 18. The second-order valence-corrected chi connectivity index (χ2v) is 7.64. The van der Waals surface area contributed by atoms with Crippen molar-refractivity contribution in [2.24, 2.45) is 0 Å². The SMILES string of the molecule is CCCCCCCCCCCCCCOC[C@@H](O)COP(=O)(O)O. The maximum atomic E-state index is 10.5. The molecule has 3 N–H and O–H groups in total. The van der Waals surface area contributed by atoms with Crippen molar-refractivity contribution in [3.8, 4) is 0 Å². The van der Waals surface area contributed by atoms with Gasteiger partial charge in [0.25, 0.3) is 0 Å². The van der Waals surface area contributed by atoms with E-state index in [0.29, 0.717) is 6.61 Å². The minimum Gasteiger partial charge on any atom is -0.388 e. The van der Waals surface area contributed by atoms with E-state index < -0.39 is 20.5 Å². The summed E-state index contributed by atoms with van der Waals surface area (Å²) in [6.07, 6.45) is 14.4. The van der Waals surface area contributed by atoms with Gasteiger partial charge in [-0.2, -0.15) is 0 Å². The lowest BCUT2D eigenvalue weighted by molar-refractivity contribution is 0.00476. The van der Waals surface area contributed by atoms with Crippen LogP contribution in [0.2, 0.25) is 0 Å². The Hall–Kier alpha value is 0.0300. The van der Waals surface area contributed by atoms with Crippen molar-refractivity contribution in [2.75, 3.05) is 19.8 Å². The molecule has 0 radical (unpaired) electrons. The molecule has 0 aliphatic rings. The first-order valence-electron chi connectivity index (χ1n) is 9.41. The molecule has 0 amide bonds. The fraction of sp³-hybridized carbons (Fsp3) is 1.00. The summed E-state index contributed by atoms with van der Waals surface area (Å²) < 4.78 is 19.9. The topological polar surface area (TPSA) is 96.2 Å². The van der Waals surface area contributed by atoms with Crippen LogP contribution in [0.5, 0.6) is 0 Å². The Kier molecular flexibility index (Phi) is 16.5. The number of hydrogen-bond acceptors (Lipinski definition) is 4. The number of ether oxygens (including phenoxy) is 1. The Labute approximate surface area is 147 Å². The van der Waals surface area contributed by atoms with Gasteiger partial charge < -0.3 is 19.6 Å². The van der Waals surface area contributed by atoms with Gasteiger partial charge in [-0.3, -0.25) is 4.52 Å². The third-order valence-corrected chi connectivity index (χ3v) is 4.37. The predicted octanol–water partition coefficient (Wildman–Crippen LogP) is 4.17. The summed E-state index contributed by atoms with van der Waals surface area (Å²) in [5.41, 5.74) is 0. The molecule has 0 bridgehead atoms. The van der Waals surface area contributed by atoms with Crippen LogP contribution in [0.3, 0.4) is 0 Å². The fourth-order valence-electron chi connectivity index (χ4n) is 2.50. The molecule has 0 rings (SSSR count). The summed E-state index contributed by atoms with van der Waals surface area (Å²) in [5, 5.41) is 9.41. The smallest absolute Gasteiger partial charge is 0.388 e. The van der Waals surface area contributed by atoms with E-state index in [9.17, 15) is 9.67 Å². The molecule has 24 heavy (non-hydrogen) atoms. The van der Waals surface area contributed by atoms with Crippen molar-refractivity contribution in [2.45, 2.75) is 90.1 Å². The summed E-state index contributed by atoms with van der Waals surface area (Å²) in [6.45, 7) is 2.43. The molecule has 0 unspecified atom stereocenters. The molecule has 0 aromatic carbocycles. The number of unbranched alkanes of at least 4 members (excludes halogenated alkanes) is 11. The van der Waals surface area contributed by atoms with Crippen molar-refractivity contribution in [1.82, 2.24) is 0 Å². The normalized spacial score (nSPS) is 13.3. The monoisotopic (exact) mass is 368 g/mol. The Morgan fingerprint density at radius 1 is 0.792 bits per heavy atom. The molecule has 0 saturated heterocycles. The average Bonchev–Trinajstić information content (AvgIpc) is 2.52. The molecular weight excluding hydrogens is 331 g/mol. The molecule has 0 aliphatic carbocycles. The van der Waals surface area contributed by atoms with Crippen LogP contribution in [0.25, 0.3) is 0 Å². The molecule has 1 atom stereocenters. The summed E-state index contributed by atoms with van der Waals surface area (Å²) in [4.78, 5) is 17.0. The highest BCUT2D eigenvalue weighted by Gasteiger charge is 2.16. The van der Waals surface area contributed by atoms with E-state index in [1.165, 1.54) is 64.2 Å². The Bertz CT molecular complexity index is 307. The molecule has 0 aromatic rings. The third kappa shape index (κ3) is 20.1. The van der Waals surface area contributed by atoms with E-state index in [-0.39, 0.29) is 6.61 Å². The standard InChI is InChI=1S/C17H37O6P/c1-2-3-4-5-6-7-8-9-10-11-12-13-14-22-15-17(18)16-23-24(19,20)21/h17-18H,2-16H2,1H3,(H2,19,20,21)/t17-/m1/s1. The van der Waals surface area contributed by atoms with Gasteiger partial charge in [0, 0.05) is 6.61 Å². The molecular formula is C17H37O6P. The summed E-state index contributed by atoms with van der Waals surface area (Å²) in [5.74, 6) is 0. The second-order valence-electron chi connectivity index (χ2n) is 6.40. The lowest BCUT2D eigenvalue weighted by atomic mass is 10.1. The zero-order valence-corrected chi connectivity index (χ0v) is 16.1. The molecule has 0 saturated carbocycles. The van der Waals surface area contributed by atoms with Gasteiger partial charge in [0.1, 0.15) is 6.10 Å². The summed E-state index contributed by atoms with van der Waals surface area (Å²) in [7, 11) is -4.51. The van der Waals surface area contributed by atoms with Crippen LogP contribution in [0, 0.1) is 0 Å². The fourth-order valence-corrected chi connectivity index (χ4v) is 2.86. The minimum absolute atomic E-state index is 0.0397. The van der Waals surface area contributed by atoms with Crippen molar-refractivity contribution >= 4 is 7.82 Å². The van der Waals surface area contributed by atoms with Crippen LogP contribution >= 0.6 is 7.82 Å². The van der Waals surface area contributed by atoms with Gasteiger partial charge in [-0.25, -0.2) is 4.57 Å². The van der Waals surface area contributed by atoms with E-state index in [0.717, 1.165) is 12.8 Å². The van der Waals surface area contributed by atoms with Gasteiger partial charge in [0.15, 0.2) is 0 Å². The molecule has 6 nitrogen and oxygen atoms in total. The minimum atomic E-state index is -4.51. The maximum absolute atomic E-state index is 10.5. The second kappa shape index (κ2) is 16.5. The highest BCUT2D eigenvalue weighted by molar-refractivity contribution is 7.46. The van der Waals surface area contributed by atoms with E-state index in [2.05, 4.69) is 11.4 Å². The van der Waals surface area contributed by atoms with Crippen molar-refractivity contribution in [3.05, 3.63) is 0 Å². The number of phosphoric ester groups is 1. The van der Waals surface area contributed by atoms with Crippen molar-refractivity contribution in [1.29, 1.82) is 0 Å². The van der Waals surface area contributed by atoms with Crippen LogP contribution in [0.4, 0.5) is 0 Å². The van der Waals surface area contributed by atoms with Gasteiger partial charge in [-0.05, 0) is 6.42 Å². The largest absolute Gasteiger partial charge is 0.469 e. The average molecular weight is 368 g/mol. The number of aliphatic hydroxyl groups excluding tert-OH is 1. The van der Waals surface area contributed by atoms with Gasteiger partial charge >= 0.3 is 7.82 Å². The zero-order valence-electron chi connectivity index (χ0n) is 15.2. The number of hydrogen-bond donors (Lipinski definition) is 3. The molecule has 146 valence electrons. The quantitative estimate of drug-likeness (QED) is 0.248. The molecule has 0 aliphatic heterocycles. The molecule has 0 aromatic heterocycles. The lowest BCUT2D eigenvalue weighted by Crippen LogP contribution is -2.21. The highest BCUT2D eigenvalue weighted by atomic mass is 31.2. The van der Waals surface area contributed by atoms with E-state index in [1.807, 2.05) is 0 Å². The maximum Gasteiger partial charge on any atom is 0.469 e. The molecule has 7 heteroatoms. The van der Waals surface area contributed by atoms with Crippen LogP contribution in [0.15, 0.2) is 0 Å². The first-order chi connectivity index (χ1) is 11.5. The predicted molar refractivity (Wildman–Crippen MR) is 95.9 cm³/mol. The van der Waals surface area contributed by atoms with E-state index >= 15 is 0 Å². The van der Waals surface area contributed by atoms with Crippen LogP contribution in [0.1, 0.15) is 84.0 Å². The highest BCUT2D eigenvalue weighted by Crippen LogP contribution is 2.35.